The highest BCUT2D eigenvalue weighted by Crippen LogP contribution is 2.69. The molecule has 230 valence electrons. The monoisotopic (exact) mass is 618 g/mol. The lowest BCUT2D eigenvalue weighted by molar-refractivity contribution is -0.0399. The summed E-state index contributed by atoms with van der Waals surface area (Å²) in [5, 5.41) is 9.91. The van der Waals surface area contributed by atoms with Gasteiger partial charge < -0.3 is 0 Å². The topological polar surface area (TPSA) is 62.5 Å². The Morgan fingerprint density at radius 1 is 0.479 bits per heavy atom. The van der Waals surface area contributed by atoms with E-state index in [-0.39, 0.29) is 5.41 Å². The van der Waals surface area contributed by atoms with E-state index < -0.39 is 0 Å². The zero-order chi connectivity index (χ0) is 31.8. The van der Waals surface area contributed by atoms with Crippen LogP contribution in [0.5, 0.6) is 0 Å². The average molecular weight is 619 g/mol. The maximum absolute atomic E-state index is 9.91. The third kappa shape index (κ3) is 4.10. The van der Waals surface area contributed by atoms with Crippen LogP contribution in [0.15, 0.2) is 121 Å². The van der Waals surface area contributed by atoms with Crippen LogP contribution in [-0.2, 0) is 5.41 Å². The minimum absolute atomic E-state index is 0.0213. The Kier molecular flexibility index (Phi) is 6.09. The van der Waals surface area contributed by atoms with Crippen LogP contribution in [-0.4, -0.2) is 15.0 Å². The summed E-state index contributed by atoms with van der Waals surface area (Å²) in [5.74, 6) is 5.06. The molecule has 1 aromatic heterocycles. The van der Waals surface area contributed by atoms with Crippen molar-refractivity contribution in [2.75, 3.05) is 0 Å². The van der Waals surface area contributed by atoms with E-state index >= 15 is 0 Å². The molecule has 6 aromatic rings. The summed E-state index contributed by atoms with van der Waals surface area (Å²) in [6, 6.07) is 45.0. The van der Waals surface area contributed by atoms with Crippen molar-refractivity contribution in [2.24, 2.45) is 23.7 Å². The second-order valence-corrected chi connectivity index (χ2v) is 14.4. The molecule has 0 aliphatic heterocycles. The van der Waals surface area contributed by atoms with Crippen LogP contribution in [0.2, 0.25) is 0 Å². The van der Waals surface area contributed by atoms with Crippen LogP contribution in [0, 0.1) is 35.0 Å². The predicted octanol–water partition coefficient (Wildman–Crippen LogP) is 10.1. The Hall–Kier alpha value is -5.40. The van der Waals surface area contributed by atoms with Crippen LogP contribution in [0.25, 0.3) is 56.4 Å². The molecule has 0 atom stereocenters. The van der Waals surface area contributed by atoms with Crippen LogP contribution in [0.1, 0.15) is 48.8 Å². The molecule has 4 nitrogen and oxygen atoms in total. The summed E-state index contributed by atoms with van der Waals surface area (Å²) in [4.78, 5) is 14.7. The molecule has 0 unspecified atom stereocenters. The number of rotatable bonds is 4. The molecule has 4 saturated carbocycles. The Morgan fingerprint density at radius 2 is 0.938 bits per heavy atom. The molecule has 5 aromatic carbocycles. The predicted molar refractivity (Wildman–Crippen MR) is 190 cm³/mol. The highest BCUT2D eigenvalue weighted by atomic mass is 15.0. The lowest BCUT2D eigenvalue weighted by Gasteiger charge is -2.61. The van der Waals surface area contributed by atoms with E-state index in [4.69, 9.17) is 15.0 Å². The smallest absolute Gasteiger partial charge is 0.164 e. The molecule has 1 heterocycles. The molecule has 1 spiro atoms. The standard InChI is InChI=1S/C44H34N4/c45-26-27-11-17-37-38-18-16-34(25-40(38)44(39(37)24-27)35-20-28-19-29(22-35)23-36(44)21-28)30-12-14-33(15-13-30)43-47-41(31-7-3-1-4-8-31)46-42(48-43)32-9-5-2-6-10-32/h1-18,24-25,28-29,35-36H,19-23H2. The molecular weight excluding hydrogens is 585 g/mol. The van der Waals surface area contributed by atoms with E-state index in [0.29, 0.717) is 29.3 Å². The molecule has 11 rings (SSSR count). The molecule has 0 amide bonds. The van der Waals surface area contributed by atoms with Crippen molar-refractivity contribution >= 4 is 0 Å². The van der Waals surface area contributed by atoms with Gasteiger partial charge in [-0.2, -0.15) is 5.26 Å². The van der Waals surface area contributed by atoms with Gasteiger partial charge in [0.05, 0.1) is 11.6 Å². The maximum Gasteiger partial charge on any atom is 0.164 e. The fraction of sp³-hybridized carbons (Fsp3) is 0.227. The van der Waals surface area contributed by atoms with Crippen molar-refractivity contribution in [1.82, 2.24) is 15.0 Å². The van der Waals surface area contributed by atoms with Gasteiger partial charge >= 0.3 is 0 Å². The quantitative estimate of drug-likeness (QED) is 0.197. The minimum Gasteiger partial charge on any atom is -0.208 e. The Labute approximate surface area is 281 Å². The molecule has 0 N–H and O–H groups in total. The number of nitriles is 1. The molecule has 4 bridgehead atoms. The van der Waals surface area contributed by atoms with Crippen LogP contribution >= 0.6 is 0 Å². The average Bonchev–Trinajstić information content (AvgIpc) is 3.43. The summed E-state index contributed by atoms with van der Waals surface area (Å²) in [6.45, 7) is 0. The Balaban J connectivity index is 1.06. The Morgan fingerprint density at radius 3 is 1.48 bits per heavy atom. The molecule has 0 saturated heterocycles. The van der Waals surface area contributed by atoms with Gasteiger partial charge in [0.15, 0.2) is 17.5 Å². The molecular formula is C44H34N4. The van der Waals surface area contributed by atoms with E-state index in [9.17, 15) is 5.26 Å². The molecule has 5 aliphatic rings. The second kappa shape index (κ2) is 10.6. The van der Waals surface area contributed by atoms with E-state index in [2.05, 4.69) is 60.7 Å². The molecule has 48 heavy (non-hydrogen) atoms. The zero-order valence-electron chi connectivity index (χ0n) is 26.7. The largest absolute Gasteiger partial charge is 0.208 e. The van der Waals surface area contributed by atoms with Crippen molar-refractivity contribution in [3.05, 3.63) is 138 Å². The number of hydrogen-bond acceptors (Lipinski definition) is 4. The molecule has 4 heteroatoms. The van der Waals surface area contributed by atoms with Gasteiger partial charge in [-0.05, 0) is 107 Å². The van der Waals surface area contributed by atoms with Crippen LogP contribution in [0.3, 0.4) is 0 Å². The number of fused-ring (bicyclic) bond motifs is 3. The molecule has 5 aliphatic carbocycles. The van der Waals surface area contributed by atoms with E-state index in [0.717, 1.165) is 34.1 Å². The van der Waals surface area contributed by atoms with Crippen LogP contribution < -0.4 is 0 Å². The first-order chi connectivity index (χ1) is 23.7. The summed E-state index contributed by atoms with van der Waals surface area (Å²) in [5.41, 5.74) is 11.8. The van der Waals surface area contributed by atoms with Crippen molar-refractivity contribution in [1.29, 1.82) is 5.26 Å². The summed E-state index contributed by atoms with van der Waals surface area (Å²) < 4.78 is 0. The zero-order valence-corrected chi connectivity index (χ0v) is 26.7. The number of aromatic nitrogens is 3. The van der Waals surface area contributed by atoms with Crippen molar-refractivity contribution in [3.8, 4) is 62.5 Å². The fourth-order valence-corrected chi connectivity index (χ4v) is 10.2. The summed E-state index contributed by atoms with van der Waals surface area (Å²) in [7, 11) is 0. The highest BCUT2D eigenvalue weighted by Gasteiger charge is 2.61. The van der Waals surface area contributed by atoms with Crippen molar-refractivity contribution in [2.45, 2.75) is 37.5 Å². The SMILES string of the molecule is N#Cc1ccc2c(c1)C1(c3cc(-c4ccc(-c5nc(-c6ccccc6)nc(-c6ccccc6)n5)cc4)ccc3-2)C2CC3CC(C2)CC1C3. The van der Waals surface area contributed by atoms with Gasteiger partial charge in [-0.25, -0.2) is 15.0 Å². The lowest BCUT2D eigenvalue weighted by atomic mass is 9.43. The normalized spacial score (nSPS) is 24.3. The first-order valence-electron chi connectivity index (χ1n) is 17.3. The van der Waals surface area contributed by atoms with Gasteiger partial charge in [0.2, 0.25) is 0 Å². The lowest BCUT2D eigenvalue weighted by Crippen LogP contribution is -2.55. The van der Waals surface area contributed by atoms with Gasteiger partial charge in [-0.15, -0.1) is 0 Å². The fourth-order valence-electron chi connectivity index (χ4n) is 10.2. The van der Waals surface area contributed by atoms with Crippen LogP contribution in [0.4, 0.5) is 0 Å². The van der Waals surface area contributed by atoms with Gasteiger partial charge in [0, 0.05) is 22.1 Å². The van der Waals surface area contributed by atoms with Gasteiger partial charge in [0.1, 0.15) is 0 Å². The third-order valence-corrected chi connectivity index (χ3v) is 12.0. The maximum atomic E-state index is 9.91. The van der Waals surface area contributed by atoms with E-state index in [1.54, 1.807) is 0 Å². The van der Waals surface area contributed by atoms with Gasteiger partial charge in [-0.3, -0.25) is 0 Å². The molecule has 4 fully saturated rings. The summed E-state index contributed by atoms with van der Waals surface area (Å²) >= 11 is 0. The van der Waals surface area contributed by atoms with E-state index in [1.165, 1.54) is 65.5 Å². The highest BCUT2D eigenvalue weighted by molar-refractivity contribution is 5.85. The first-order valence-corrected chi connectivity index (χ1v) is 17.3. The number of hydrogen-bond donors (Lipinski definition) is 0. The Bertz CT molecular complexity index is 2160. The first kappa shape index (κ1) is 27.7. The van der Waals surface area contributed by atoms with Crippen molar-refractivity contribution in [3.63, 3.8) is 0 Å². The molecule has 0 radical (unpaired) electrons. The van der Waals surface area contributed by atoms with E-state index in [1.807, 2.05) is 66.7 Å². The summed E-state index contributed by atoms with van der Waals surface area (Å²) in [6.07, 6.45) is 6.72. The van der Waals surface area contributed by atoms with Gasteiger partial charge in [-0.1, -0.05) is 103 Å². The number of nitrogens with zero attached hydrogens (tertiary/aromatic N) is 4. The van der Waals surface area contributed by atoms with Crippen molar-refractivity contribution < 1.29 is 0 Å². The number of benzene rings is 5. The second-order valence-electron chi connectivity index (χ2n) is 14.4. The third-order valence-electron chi connectivity index (χ3n) is 12.0. The minimum atomic E-state index is 0.0213. The van der Waals surface area contributed by atoms with Gasteiger partial charge in [0.25, 0.3) is 0 Å².